The van der Waals surface area contributed by atoms with Gasteiger partial charge in [-0.3, -0.25) is 19.9 Å². The number of carbonyl (C=O) groups excluding carboxylic acids is 2. The van der Waals surface area contributed by atoms with Gasteiger partial charge >= 0.3 is 5.97 Å². The third kappa shape index (κ3) is 4.00. The fourth-order valence-electron chi connectivity index (χ4n) is 4.08. The predicted molar refractivity (Wildman–Crippen MR) is 123 cm³/mol. The molecule has 3 atom stereocenters. The van der Waals surface area contributed by atoms with E-state index in [-0.39, 0.29) is 12.3 Å². The topological polar surface area (TPSA) is 122 Å². The summed E-state index contributed by atoms with van der Waals surface area (Å²) in [7, 11) is 0. The molecule has 0 saturated carbocycles. The molecular weight excluding hydrogens is 446 g/mol. The van der Waals surface area contributed by atoms with Crippen molar-refractivity contribution >= 4 is 35.5 Å². The number of hydrogen-bond acceptors (Lipinski definition) is 8. The maximum Gasteiger partial charge on any atom is 0.330 e. The highest BCUT2D eigenvalue weighted by molar-refractivity contribution is 8.01. The maximum absolute atomic E-state index is 13.2. The fourth-order valence-corrected chi connectivity index (χ4v) is 5.75. The minimum Gasteiger partial charge on any atom is -0.459 e. The molecule has 2 aromatic carbocycles. The smallest absolute Gasteiger partial charge is 0.330 e. The Morgan fingerprint density at radius 1 is 1.24 bits per heavy atom. The molecule has 2 fully saturated rings. The summed E-state index contributed by atoms with van der Waals surface area (Å²) in [6, 6.07) is 14.2. The van der Waals surface area contributed by atoms with Crippen LogP contribution in [0.15, 0.2) is 59.6 Å². The van der Waals surface area contributed by atoms with Gasteiger partial charge in [0.1, 0.15) is 18.0 Å². The Labute approximate surface area is 194 Å². The number of nitrogens with zero attached hydrogens (tertiary/aromatic N) is 3. The Bertz CT molecular complexity index is 1100. The molecule has 2 aliphatic rings. The number of rotatable bonds is 7. The highest BCUT2D eigenvalue weighted by atomic mass is 32.2. The Kier molecular flexibility index (Phi) is 5.98. The summed E-state index contributed by atoms with van der Waals surface area (Å²) in [5.74, 6) is -0.953. The van der Waals surface area contributed by atoms with E-state index in [9.17, 15) is 24.8 Å². The van der Waals surface area contributed by atoms with Crippen molar-refractivity contribution in [3.63, 3.8) is 0 Å². The number of aliphatic hydroxyl groups is 1. The van der Waals surface area contributed by atoms with Crippen molar-refractivity contribution in [3.8, 4) is 0 Å². The quantitative estimate of drug-likeness (QED) is 0.217. The van der Waals surface area contributed by atoms with E-state index in [1.165, 1.54) is 47.1 Å². The zero-order valence-corrected chi connectivity index (χ0v) is 18.9. The van der Waals surface area contributed by atoms with Crippen LogP contribution in [0.25, 0.3) is 0 Å². The fraction of sp³-hybridized carbons (Fsp3) is 0.348. The molecule has 0 unspecified atom stereocenters. The molecule has 0 bridgehead atoms. The normalized spacial score (nSPS) is 25.5. The lowest BCUT2D eigenvalue weighted by molar-refractivity contribution is -0.384. The summed E-state index contributed by atoms with van der Waals surface area (Å²) >= 11 is 1.39. The molecule has 2 saturated heterocycles. The van der Waals surface area contributed by atoms with Gasteiger partial charge in [-0.1, -0.05) is 30.3 Å². The van der Waals surface area contributed by atoms with Crippen LogP contribution < -0.4 is 0 Å². The number of carbonyl (C=O) groups is 2. The number of nitro benzene ring substituents is 1. The first-order valence-electron chi connectivity index (χ1n) is 10.3. The average molecular weight is 470 g/mol. The van der Waals surface area contributed by atoms with Crippen molar-refractivity contribution in [2.75, 3.05) is 6.61 Å². The van der Waals surface area contributed by atoms with Crippen molar-refractivity contribution in [1.82, 2.24) is 4.90 Å². The number of aliphatic hydroxyl groups excluding tert-OH is 1. The number of hydrogen-bond donors (Lipinski definition) is 1. The van der Waals surface area contributed by atoms with Gasteiger partial charge in [0.2, 0.25) is 0 Å². The molecular formula is C23H23N3O6S. The number of ether oxygens (including phenoxy) is 1. The van der Waals surface area contributed by atoms with Gasteiger partial charge in [-0.15, -0.1) is 11.8 Å². The SMILES string of the molecule is CC1(C)S[C@H]2N(C(=O)[C@]2(CO)N=Cc2ccc([N+](=O)[O-])cc2)[C@H]1C(=O)OCc1ccccc1. The summed E-state index contributed by atoms with van der Waals surface area (Å²) in [5, 5.41) is 20.4. The van der Waals surface area contributed by atoms with Crippen LogP contribution in [-0.4, -0.2) is 61.3 Å². The lowest BCUT2D eigenvalue weighted by atomic mass is 9.85. The Balaban J connectivity index is 1.52. The van der Waals surface area contributed by atoms with Crippen molar-refractivity contribution in [3.05, 3.63) is 75.8 Å². The Hall–Kier alpha value is -3.24. The molecule has 172 valence electrons. The molecule has 0 aliphatic carbocycles. The molecule has 10 heteroatoms. The summed E-state index contributed by atoms with van der Waals surface area (Å²) in [6.07, 6.45) is 1.42. The molecule has 1 N–H and O–H groups in total. The lowest BCUT2D eigenvalue weighted by Crippen LogP contribution is -2.74. The first-order valence-corrected chi connectivity index (χ1v) is 11.2. The minimum absolute atomic E-state index is 0.0557. The van der Waals surface area contributed by atoms with E-state index in [4.69, 9.17) is 4.74 Å². The van der Waals surface area contributed by atoms with Gasteiger partial charge in [0.25, 0.3) is 11.6 Å². The summed E-state index contributed by atoms with van der Waals surface area (Å²) in [4.78, 5) is 42.3. The number of thioether (sulfide) groups is 1. The van der Waals surface area contributed by atoms with Crippen LogP contribution >= 0.6 is 11.8 Å². The lowest BCUT2D eigenvalue weighted by Gasteiger charge is -2.49. The third-order valence-corrected chi connectivity index (χ3v) is 7.53. The van der Waals surface area contributed by atoms with Gasteiger partial charge in [0.15, 0.2) is 5.54 Å². The van der Waals surface area contributed by atoms with Crippen LogP contribution in [0.1, 0.15) is 25.0 Å². The number of fused-ring (bicyclic) bond motifs is 1. The Morgan fingerprint density at radius 2 is 1.91 bits per heavy atom. The van der Waals surface area contributed by atoms with Crippen LogP contribution in [-0.2, 0) is 20.9 Å². The molecule has 0 aromatic heterocycles. The zero-order chi connectivity index (χ0) is 23.8. The third-order valence-electron chi connectivity index (χ3n) is 5.85. The molecule has 2 aliphatic heterocycles. The molecule has 1 amide bonds. The number of β-lactam (4-membered cyclic amide) rings is 1. The first-order chi connectivity index (χ1) is 15.7. The number of nitro groups is 1. The van der Waals surface area contributed by atoms with Gasteiger partial charge in [0.05, 0.1) is 11.5 Å². The van der Waals surface area contributed by atoms with Crippen LogP contribution in [0.2, 0.25) is 0 Å². The van der Waals surface area contributed by atoms with Gasteiger partial charge in [0, 0.05) is 23.1 Å². The highest BCUT2D eigenvalue weighted by Gasteiger charge is 2.71. The largest absolute Gasteiger partial charge is 0.459 e. The van der Waals surface area contributed by atoms with Crippen molar-refractivity contribution < 1.29 is 24.4 Å². The number of benzene rings is 2. The number of amides is 1. The number of aliphatic imine (C=N–C) groups is 1. The molecule has 0 radical (unpaired) electrons. The molecule has 0 spiro atoms. The van der Waals surface area contributed by atoms with E-state index in [0.717, 1.165) is 5.56 Å². The van der Waals surface area contributed by atoms with E-state index < -0.39 is 45.1 Å². The van der Waals surface area contributed by atoms with Crippen LogP contribution in [0.3, 0.4) is 0 Å². The molecule has 9 nitrogen and oxygen atoms in total. The second kappa shape index (κ2) is 8.60. The standard InChI is InChI=1S/C23H23N3O6S/c1-22(2)18(19(28)32-13-16-6-4-3-5-7-16)25-20(29)23(14-27,21(25)33-22)24-12-15-8-10-17(11-9-15)26(30)31/h3-12,18,21,27H,13-14H2,1-2H3/t18-,21+,23-/m0/s1. The first kappa shape index (κ1) is 22.9. The molecule has 2 aromatic rings. The van der Waals surface area contributed by atoms with E-state index in [1.54, 1.807) is 0 Å². The second-order valence-corrected chi connectivity index (χ2v) is 10.2. The van der Waals surface area contributed by atoms with Crippen molar-refractivity contribution in [1.29, 1.82) is 0 Å². The molecule has 2 heterocycles. The van der Waals surface area contributed by atoms with Gasteiger partial charge < -0.3 is 14.7 Å². The molecule has 33 heavy (non-hydrogen) atoms. The van der Waals surface area contributed by atoms with Crippen LogP contribution in [0, 0.1) is 10.1 Å². The Morgan fingerprint density at radius 3 is 2.52 bits per heavy atom. The second-order valence-electron chi connectivity index (χ2n) is 8.47. The zero-order valence-electron chi connectivity index (χ0n) is 18.1. The van der Waals surface area contributed by atoms with Gasteiger partial charge in [-0.25, -0.2) is 4.79 Å². The average Bonchev–Trinajstić information content (AvgIpc) is 3.07. The van der Waals surface area contributed by atoms with E-state index in [0.29, 0.717) is 5.56 Å². The highest BCUT2D eigenvalue weighted by Crippen LogP contribution is 2.56. The van der Waals surface area contributed by atoms with Gasteiger partial charge in [-0.05, 0) is 37.1 Å². The maximum atomic E-state index is 13.2. The molecule has 4 rings (SSSR count). The van der Waals surface area contributed by atoms with E-state index in [2.05, 4.69) is 4.99 Å². The number of non-ortho nitro benzene ring substituents is 1. The summed E-state index contributed by atoms with van der Waals surface area (Å²) in [6.45, 7) is 3.30. The summed E-state index contributed by atoms with van der Waals surface area (Å²) in [5.41, 5.74) is -0.0724. The van der Waals surface area contributed by atoms with Gasteiger partial charge in [-0.2, -0.15) is 0 Å². The predicted octanol–water partition coefficient (Wildman–Crippen LogP) is 2.55. The van der Waals surface area contributed by atoms with Crippen LogP contribution in [0.4, 0.5) is 5.69 Å². The minimum atomic E-state index is -1.42. The van der Waals surface area contributed by atoms with Crippen LogP contribution in [0.5, 0.6) is 0 Å². The van der Waals surface area contributed by atoms with E-state index in [1.807, 2.05) is 44.2 Å². The monoisotopic (exact) mass is 469 g/mol. The number of esters is 1. The van der Waals surface area contributed by atoms with Crippen molar-refractivity contribution in [2.24, 2.45) is 4.99 Å². The summed E-state index contributed by atoms with van der Waals surface area (Å²) < 4.78 is 4.86. The van der Waals surface area contributed by atoms with E-state index >= 15 is 0 Å². The van der Waals surface area contributed by atoms with Crippen molar-refractivity contribution in [2.45, 2.75) is 42.2 Å².